The van der Waals surface area contributed by atoms with Crippen molar-refractivity contribution in [2.45, 2.75) is 13.8 Å². The van der Waals surface area contributed by atoms with E-state index >= 15 is 0 Å². The molecule has 0 atom stereocenters. The van der Waals surface area contributed by atoms with E-state index in [2.05, 4.69) is 9.98 Å². The van der Waals surface area contributed by atoms with E-state index in [4.69, 9.17) is 11.6 Å². The summed E-state index contributed by atoms with van der Waals surface area (Å²) in [5.74, 6) is 0.202. The Morgan fingerprint density at radius 1 is 1.12 bits per heavy atom. The quantitative estimate of drug-likeness (QED) is 0.495. The zero-order chi connectivity index (χ0) is 18.7. The molecule has 3 aromatic rings. The van der Waals surface area contributed by atoms with Gasteiger partial charge in [0.15, 0.2) is 5.78 Å². The van der Waals surface area contributed by atoms with Crippen molar-refractivity contribution in [3.05, 3.63) is 76.1 Å². The van der Waals surface area contributed by atoms with Gasteiger partial charge in [-0.05, 0) is 72.0 Å². The number of aromatic hydroxyl groups is 1. The third-order valence-corrected chi connectivity index (χ3v) is 4.40. The lowest BCUT2D eigenvalue weighted by Crippen LogP contribution is -2.04. The van der Waals surface area contributed by atoms with Crippen LogP contribution in [0.15, 0.2) is 53.7 Å². The zero-order valence-electron chi connectivity index (χ0n) is 14.6. The van der Waals surface area contributed by atoms with E-state index in [0.29, 0.717) is 16.5 Å². The van der Waals surface area contributed by atoms with E-state index in [1.54, 1.807) is 12.4 Å². The highest BCUT2D eigenvalue weighted by molar-refractivity contribution is 6.30. The van der Waals surface area contributed by atoms with Crippen LogP contribution in [0, 0.1) is 13.8 Å². The van der Waals surface area contributed by atoms with Crippen molar-refractivity contribution in [3.63, 3.8) is 0 Å². The number of phenolic OH excluding ortho intramolecular Hbond substituents is 1. The minimum atomic E-state index is -0.0892. The number of aromatic nitrogens is 1. The number of hydrogen-bond donors (Lipinski definition) is 2. The summed E-state index contributed by atoms with van der Waals surface area (Å²) in [6.07, 6.45) is 3.45. The number of aliphatic imine (C=N–C) groups is 1. The highest BCUT2D eigenvalue weighted by Gasteiger charge is 2.09. The van der Waals surface area contributed by atoms with Gasteiger partial charge in [-0.15, -0.1) is 0 Å². The molecule has 0 fully saturated rings. The van der Waals surface area contributed by atoms with Gasteiger partial charge in [0.25, 0.3) is 0 Å². The van der Waals surface area contributed by atoms with Crippen LogP contribution in [-0.4, -0.2) is 28.6 Å². The molecule has 1 aromatic heterocycles. The highest BCUT2D eigenvalue weighted by Crippen LogP contribution is 2.23. The number of nitrogens with zero attached hydrogens (tertiary/aromatic N) is 1. The number of phenols is 1. The van der Waals surface area contributed by atoms with Gasteiger partial charge < -0.3 is 10.1 Å². The van der Waals surface area contributed by atoms with Crippen molar-refractivity contribution < 1.29 is 9.90 Å². The van der Waals surface area contributed by atoms with Gasteiger partial charge in [-0.25, -0.2) is 0 Å². The molecule has 1 heterocycles. The fraction of sp³-hybridized carbons (Fsp3) is 0.143. The van der Waals surface area contributed by atoms with Gasteiger partial charge in [-0.2, -0.15) is 0 Å². The van der Waals surface area contributed by atoms with Gasteiger partial charge in [-0.1, -0.05) is 23.7 Å². The minimum absolute atomic E-state index is 0.0551. The van der Waals surface area contributed by atoms with Crippen LogP contribution < -0.4 is 0 Å². The van der Waals surface area contributed by atoms with Gasteiger partial charge in [0.2, 0.25) is 0 Å². The molecule has 0 spiro atoms. The molecule has 0 saturated carbocycles. The van der Waals surface area contributed by atoms with Crippen LogP contribution in [0.1, 0.15) is 27.2 Å². The lowest BCUT2D eigenvalue weighted by molar-refractivity contribution is 0.0998. The predicted molar refractivity (Wildman–Crippen MR) is 106 cm³/mol. The average molecular weight is 367 g/mol. The maximum Gasteiger partial charge on any atom is 0.200 e. The Kier molecular flexibility index (Phi) is 5.24. The molecule has 2 aromatic carbocycles. The first kappa shape index (κ1) is 18.0. The second-order valence-corrected chi connectivity index (χ2v) is 6.64. The van der Waals surface area contributed by atoms with Gasteiger partial charge >= 0.3 is 0 Å². The molecule has 0 radical (unpaired) electrons. The summed E-state index contributed by atoms with van der Waals surface area (Å²) in [5, 5.41) is 10.5. The van der Waals surface area contributed by atoms with Crippen molar-refractivity contribution in [1.82, 2.24) is 4.98 Å². The number of rotatable bonds is 5. The van der Waals surface area contributed by atoms with Crippen molar-refractivity contribution in [1.29, 1.82) is 0 Å². The highest BCUT2D eigenvalue weighted by atomic mass is 35.5. The topological polar surface area (TPSA) is 65.5 Å². The van der Waals surface area contributed by atoms with Crippen molar-refractivity contribution in [2.75, 3.05) is 6.54 Å². The molecule has 132 valence electrons. The number of aryl methyl sites for hydroxylation is 2. The Balaban J connectivity index is 1.68. The Labute approximate surface area is 157 Å². The lowest BCUT2D eigenvalue weighted by atomic mass is 10.1. The molecule has 0 aliphatic carbocycles. The number of Topliss-reactive ketones (excluding diaryl/α,β-unsaturated/α-hetero) is 1. The molecule has 26 heavy (non-hydrogen) atoms. The maximum atomic E-state index is 12.3. The summed E-state index contributed by atoms with van der Waals surface area (Å²) in [7, 11) is 0. The summed E-state index contributed by atoms with van der Waals surface area (Å²) in [5.41, 5.74) is 4.87. The maximum absolute atomic E-state index is 12.3. The molecule has 5 heteroatoms. The van der Waals surface area contributed by atoms with Crippen LogP contribution in [0.4, 0.5) is 0 Å². The molecular weight excluding hydrogens is 348 g/mol. The second-order valence-electron chi connectivity index (χ2n) is 6.21. The number of carbonyl (C=O) groups is 1. The number of H-pyrrole nitrogens is 1. The number of halogens is 1. The number of hydrogen-bond acceptors (Lipinski definition) is 3. The fourth-order valence-corrected chi connectivity index (χ4v) is 2.87. The zero-order valence-corrected chi connectivity index (χ0v) is 15.3. The first-order valence-electron chi connectivity index (χ1n) is 8.21. The van der Waals surface area contributed by atoms with E-state index in [0.717, 1.165) is 27.8 Å². The standard InChI is InChI=1S/C21H19ClN2O2/c1-13-7-15(8-14(2)21(13)26)10-23-12-20(25)19-9-17(11-24-19)16-3-5-18(22)6-4-16/h3-11,24,26H,12H2,1-2H3. The molecule has 0 amide bonds. The van der Waals surface area contributed by atoms with Crippen LogP contribution in [0.2, 0.25) is 5.02 Å². The van der Waals surface area contributed by atoms with Gasteiger partial charge in [0, 0.05) is 17.4 Å². The first-order valence-corrected chi connectivity index (χ1v) is 8.59. The van der Waals surface area contributed by atoms with E-state index in [9.17, 15) is 9.90 Å². The van der Waals surface area contributed by atoms with E-state index in [1.807, 2.05) is 56.3 Å². The summed E-state index contributed by atoms with van der Waals surface area (Å²) >= 11 is 5.90. The molecule has 4 nitrogen and oxygen atoms in total. The van der Waals surface area contributed by atoms with E-state index in [-0.39, 0.29) is 12.3 Å². The van der Waals surface area contributed by atoms with Crippen LogP contribution in [0.5, 0.6) is 5.75 Å². The second kappa shape index (κ2) is 7.58. The number of aromatic amines is 1. The van der Waals surface area contributed by atoms with Crippen molar-refractivity contribution in [2.24, 2.45) is 4.99 Å². The predicted octanol–water partition coefficient (Wildman–Crippen LogP) is 4.96. The third-order valence-electron chi connectivity index (χ3n) is 4.15. The van der Waals surface area contributed by atoms with Crippen LogP contribution in [0.25, 0.3) is 11.1 Å². The van der Waals surface area contributed by atoms with Gasteiger partial charge in [-0.3, -0.25) is 9.79 Å². The number of carbonyl (C=O) groups excluding carboxylic acids is 1. The molecule has 0 aliphatic rings. The normalized spacial score (nSPS) is 11.2. The van der Waals surface area contributed by atoms with Crippen LogP contribution >= 0.6 is 11.6 Å². The minimum Gasteiger partial charge on any atom is -0.507 e. The number of benzene rings is 2. The van der Waals surface area contributed by atoms with E-state index < -0.39 is 0 Å². The van der Waals surface area contributed by atoms with E-state index in [1.165, 1.54) is 0 Å². The molecular formula is C21H19ClN2O2. The average Bonchev–Trinajstić information content (AvgIpc) is 3.10. The monoisotopic (exact) mass is 366 g/mol. The smallest absolute Gasteiger partial charge is 0.200 e. The number of ketones is 1. The summed E-state index contributed by atoms with van der Waals surface area (Å²) in [6.45, 7) is 3.73. The van der Waals surface area contributed by atoms with Crippen LogP contribution in [0.3, 0.4) is 0 Å². The van der Waals surface area contributed by atoms with Crippen LogP contribution in [-0.2, 0) is 0 Å². The lowest BCUT2D eigenvalue weighted by Gasteiger charge is -2.04. The molecule has 0 unspecified atom stereocenters. The summed E-state index contributed by atoms with van der Waals surface area (Å²) in [4.78, 5) is 19.5. The first-order chi connectivity index (χ1) is 12.4. The SMILES string of the molecule is Cc1cc(C=NCC(=O)c2cc(-c3ccc(Cl)cc3)c[nH]2)cc(C)c1O. The Morgan fingerprint density at radius 2 is 1.77 bits per heavy atom. The molecule has 0 bridgehead atoms. The van der Waals surface area contributed by atoms with Gasteiger partial charge in [0.05, 0.1) is 5.69 Å². The largest absolute Gasteiger partial charge is 0.507 e. The third kappa shape index (κ3) is 4.03. The fourth-order valence-electron chi connectivity index (χ4n) is 2.75. The molecule has 0 saturated heterocycles. The molecule has 0 aliphatic heterocycles. The van der Waals surface area contributed by atoms with Crippen molar-refractivity contribution in [3.8, 4) is 16.9 Å². The Morgan fingerprint density at radius 3 is 2.42 bits per heavy atom. The van der Waals surface area contributed by atoms with Crippen molar-refractivity contribution >= 4 is 23.6 Å². The molecule has 3 rings (SSSR count). The summed E-state index contributed by atoms with van der Waals surface area (Å²) in [6, 6.07) is 12.9. The Bertz CT molecular complexity index is 949. The van der Waals surface area contributed by atoms with Gasteiger partial charge in [0.1, 0.15) is 12.3 Å². The summed E-state index contributed by atoms with van der Waals surface area (Å²) < 4.78 is 0. The Hall–Kier alpha value is -2.85. The number of nitrogens with one attached hydrogen (secondary N) is 1. The molecule has 2 N–H and O–H groups in total.